The van der Waals surface area contributed by atoms with Crippen molar-refractivity contribution in [2.24, 2.45) is 0 Å². The SMILES string of the molecule is COc1cccc(CN(CCCN2CCOCC2)C(=S)Nc2cccc(F)c2)c1OC. The van der Waals surface area contributed by atoms with Crippen LogP contribution < -0.4 is 14.8 Å². The highest BCUT2D eigenvalue weighted by Crippen LogP contribution is 2.31. The zero-order valence-corrected chi connectivity index (χ0v) is 18.9. The third-order valence-electron chi connectivity index (χ3n) is 5.21. The third-order valence-corrected chi connectivity index (χ3v) is 5.58. The van der Waals surface area contributed by atoms with E-state index in [2.05, 4.69) is 15.1 Å². The van der Waals surface area contributed by atoms with Gasteiger partial charge in [-0.3, -0.25) is 4.90 Å². The van der Waals surface area contributed by atoms with Crippen LogP contribution in [0, 0.1) is 5.82 Å². The summed E-state index contributed by atoms with van der Waals surface area (Å²) in [6, 6.07) is 12.1. The smallest absolute Gasteiger partial charge is 0.173 e. The lowest BCUT2D eigenvalue weighted by Gasteiger charge is -2.30. The summed E-state index contributed by atoms with van der Waals surface area (Å²) in [4.78, 5) is 4.48. The van der Waals surface area contributed by atoms with Gasteiger partial charge in [0, 0.05) is 44.0 Å². The second-order valence-corrected chi connectivity index (χ2v) is 7.71. The number of nitrogens with one attached hydrogen (secondary N) is 1. The highest BCUT2D eigenvalue weighted by Gasteiger charge is 2.17. The van der Waals surface area contributed by atoms with Gasteiger partial charge in [-0.05, 0) is 42.9 Å². The summed E-state index contributed by atoms with van der Waals surface area (Å²) >= 11 is 5.70. The molecule has 2 aromatic carbocycles. The lowest BCUT2D eigenvalue weighted by Crippen LogP contribution is -2.40. The van der Waals surface area contributed by atoms with E-state index >= 15 is 0 Å². The number of rotatable bonds is 9. The van der Waals surface area contributed by atoms with Gasteiger partial charge in [-0.1, -0.05) is 18.2 Å². The number of hydrogen-bond donors (Lipinski definition) is 1. The summed E-state index contributed by atoms with van der Waals surface area (Å²) in [6.07, 6.45) is 0.942. The lowest BCUT2D eigenvalue weighted by molar-refractivity contribution is 0.0367. The van der Waals surface area contributed by atoms with Crippen molar-refractivity contribution in [2.75, 3.05) is 58.9 Å². The Kier molecular flexibility index (Phi) is 8.87. The minimum atomic E-state index is -0.305. The minimum Gasteiger partial charge on any atom is -0.493 e. The van der Waals surface area contributed by atoms with Gasteiger partial charge in [0.2, 0.25) is 0 Å². The van der Waals surface area contributed by atoms with E-state index in [0.29, 0.717) is 28.8 Å². The predicted molar refractivity (Wildman–Crippen MR) is 124 cm³/mol. The first-order chi connectivity index (χ1) is 15.1. The molecule has 0 saturated carbocycles. The second-order valence-electron chi connectivity index (χ2n) is 7.32. The Balaban J connectivity index is 1.72. The van der Waals surface area contributed by atoms with Gasteiger partial charge in [0.05, 0.1) is 27.4 Å². The van der Waals surface area contributed by atoms with E-state index in [4.69, 9.17) is 26.4 Å². The molecule has 0 aromatic heterocycles. The first kappa shape index (κ1) is 23.2. The monoisotopic (exact) mass is 447 g/mol. The molecule has 31 heavy (non-hydrogen) atoms. The number of nitrogens with zero attached hydrogens (tertiary/aromatic N) is 2. The van der Waals surface area contributed by atoms with Crippen LogP contribution in [0.3, 0.4) is 0 Å². The molecule has 6 nitrogen and oxygen atoms in total. The normalized spacial score (nSPS) is 14.2. The molecule has 3 rings (SSSR count). The number of hydrogen-bond acceptors (Lipinski definition) is 5. The molecule has 1 N–H and O–H groups in total. The summed E-state index contributed by atoms with van der Waals surface area (Å²) in [5, 5.41) is 3.71. The maximum atomic E-state index is 13.6. The first-order valence-electron chi connectivity index (χ1n) is 10.4. The fraction of sp³-hybridized carbons (Fsp3) is 0.435. The van der Waals surface area contributed by atoms with Crippen molar-refractivity contribution in [1.29, 1.82) is 0 Å². The molecule has 1 fully saturated rings. The molecule has 1 heterocycles. The van der Waals surface area contributed by atoms with Gasteiger partial charge >= 0.3 is 0 Å². The van der Waals surface area contributed by atoms with Crippen LogP contribution in [0.1, 0.15) is 12.0 Å². The fourth-order valence-corrected chi connectivity index (χ4v) is 3.89. The van der Waals surface area contributed by atoms with Crippen molar-refractivity contribution in [1.82, 2.24) is 9.80 Å². The topological polar surface area (TPSA) is 46.2 Å². The van der Waals surface area contributed by atoms with Gasteiger partial charge in [0.15, 0.2) is 16.6 Å². The Bertz CT molecular complexity index is 862. The highest BCUT2D eigenvalue weighted by atomic mass is 32.1. The van der Waals surface area contributed by atoms with E-state index in [1.165, 1.54) is 12.1 Å². The van der Waals surface area contributed by atoms with Crippen LogP contribution >= 0.6 is 12.2 Å². The molecule has 2 aromatic rings. The van der Waals surface area contributed by atoms with Gasteiger partial charge in [-0.25, -0.2) is 4.39 Å². The van der Waals surface area contributed by atoms with Crippen molar-refractivity contribution in [3.63, 3.8) is 0 Å². The van der Waals surface area contributed by atoms with E-state index in [9.17, 15) is 4.39 Å². The van der Waals surface area contributed by atoms with Crippen LogP contribution in [0.15, 0.2) is 42.5 Å². The predicted octanol–water partition coefficient (Wildman–Crippen LogP) is 3.76. The molecule has 0 amide bonds. The van der Waals surface area contributed by atoms with Gasteiger partial charge in [-0.15, -0.1) is 0 Å². The maximum Gasteiger partial charge on any atom is 0.173 e. The Labute approximate surface area is 188 Å². The Hall–Kier alpha value is -2.42. The maximum absolute atomic E-state index is 13.6. The molecular weight excluding hydrogens is 417 g/mol. The molecule has 0 unspecified atom stereocenters. The molecule has 0 aliphatic carbocycles. The first-order valence-corrected chi connectivity index (χ1v) is 10.8. The molecule has 8 heteroatoms. The summed E-state index contributed by atoms with van der Waals surface area (Å²) in [5.41, 5.74) is 1.59. The molecule has 0 bridgehead atoms. The Morgan fingerprint density at radius 1 is 1.16 bits per heavy atom. The van der Waals surface area contributed by atoms with Crippen LogP contribution in [-0.2, 0) is 11.3 Å². The van der Waals surface area contributed by atoms with Crippen LogP contribution in [0.4, 0.5) is 10.1 Å². The largest absolute Gasteiger partial charge is 0.493 e. The van der Waals surface area contributed by atoms with Gasteiger partial charge in [0.1, 0.15) is 5.82 Å². The number of ether oxygens (including phenoxy) is 3. The van der Waals surface area contributed by atoms with Crippen molar-refractivity contribution in [2.45, 2.75) is 13.0 Å². The summed E-state index contributed by atoms with van der Waals surface area (Å²) in [6.45, 7) is 5.74. The van der Waals surface area contributed by atoms with Crippen molar-refractivity contribution < 1.29 is 18.6 Å². The number of methoxy groups -OCH3 is 2. The Morgan fingerprint density at radius 3 is 2.65 bits per heavy atom. The number of thiocarbonyl (C=S) groups is 1. The molecule has 0 atom stereocenters. The molecule has 168 valence electrons. The quantitative estimate of drug-likeness (QED) is 0.587. The zero-order valence-electron chi connectivity index (χ0n) is 18.1. The summed E-state index contributed by atoms with van der Waals surface area (Å²) in [5.74, 6) is 1.06. The van der Waals surface area contributed by atoms with E-state index in [0.717, 1.165) is 51.4 Å². The van der Waals surface area contributed by atoms with Gasteiger partial charge < -0.3 is 24.4 Å². The molecule has 1 aliphatic heterocycles. The molecule has 1 saturated heterocycles. The fourth-order valence-electron chi connectivity index (χ4n) is 3.61. The van der Waals surface area contributed by atoms with Gasteiger partial charge in [0.25, 0.3) is 0 Å². The number of morpholine rings is 1. The molecule has 0 spiro atoms. The third kappa shape index (κ3) is 6.78. The summed E-state index contributed by atoms with van der Waals surface area (Å²) < 4.78 is 30.1. The second kappa shape index (κ2) is 11.8. The van der Waals surface area contributed by atoms with Crippen molar-refractivity contribution >= 4 is 23.0 Å². The van der Waals surface area contributed by atoms with E-state index in [1.54, 1.807) is 26.4 Å². The van der Waals surface area contributed by atoms with Crippen LogP contribution in [0.25, 0.3) is 0 Å². The molecule has 1 aliphatic rings. The van der Waals surface area contributed by atoms with E-state index < -0.39 is 0 Å². The molecule has 0 radical (unpaired) electrons. The lowest BCUT2D eigenvalue weighted by atomic mass is 10.1. The number of para-hydroxylation sites is 1. The van der Waals surface area contributed by atoms with E-state index in [-0.39, 0.29) is 5.82 Å². The highest BCUT2D eigenvalue weighted by molar-refractivity contribution is 7.80. The Morgan fingerprint density at radius 2 is 1.94 bits per heavy atom. The van der Waals surface area contributed by atoms with Crippen molar-refractivity contribution in [3.05, 3.63) is 53.8 Å². The summed E-state index contributed by atoms with van der Waals surface area (Å²) in [7, 11) is 3.26. The van der Waals surface area contributed by atoms with Crippen LogP contribution in [0.5, 0.6) is 11.5 Å². The zero-order chi connectivity index (χ0) is 22.1. The molecular formula is C23H30FN3O3S. The minimum absolute atomic E-state index is 0.305. The van der Waals surface area contributed by atoms with Crippen molar-refractivity contribution in [3.8, 4) is 11.5 Å². The number of halogens is 1. The average Bonchev–Trinajstić information content (AvgIpc) is 2.78. The van der Waals surface area contributed by atoms with Crippen LogP contribution in [0.2, 0.25) is 0 Å². The van der Waals surface area contributed by atoms with Gasteiger partial charge in [-0.2, -0.15) is 0 Å². The number of anilines is 1. The standard InChI is InChI=1S/C23H30FN3O3S/c1-28-21-9-3-6-18(22(21)29-2)17-27(11-5-10-26-12-14-30-15-13-26)23(31)25-20-8-4-7-19(24)16-20/h3-4,6-9,16H,5,10-15,17H2,1-2H3,(H,25,31). The number of benzene rings is 2. The van der Waals surface area contributed by atoms with Crippen LogP contribution in [-0.4, -0.2) is 68.5 Å². The van der Waals surface area contributed by atoms with E-state index in [1.807, 2.05) is 18.2 Å². The average molecular weight is 448 g/mol.